The van der Waals surface area contributed by atoms with Crippen molar-refractivity contribution in [3.8, 4) is 0 Å². The molecular weight excluding hydrogens is 496 g/mol. The summed E-state index contributed by atoms with van der Waals surface area (Å²) in [5.41, 5.74) is -0.958. The Kier molecular flexibility index (Phi) is 9.28. The van der Waals surface area contributed by atoms with Crippen LogP contribution in [-0.4, -0.2) is 76.2 Å². The lowest BCUT2D eigenvalue weighted by Crippen LogP contribution is -2.56. The van der Waals surface area contributed by atoms with E-state index in [1.54, 1.807) is 22.0 Å². The minimum absolute atomic E-state index is 0.132. The zero-order chi connectivity index (χ0) is 28.0. The predicted octanol–water partition coefficient (Wildman–Crippen LogP) is 3.64. The second-order valence-corrected chi connectivity index (χ2v) is 11.1. The maximum atomic E-state index is 14.4. The number of aliphatic hydroxyl groups is 1. The van der Waals surface area contributed by atoms with Gasteiger partial charge in [0, 0.05) is 26.2 Å². The van der Waals surface area contributed by atoms with Gasteiger partial charge in [-0.05, 0) is 44.6 Å². The van der Waals surface area contributed by atoms with Crippen LogP contribution < -0.4 is 0 Å². The number of esters is 1. The van der Waals surface area contributed by atoms with E-state index in [1.807, 2.05) is 37.3 Å². The van der Waals surface area contributed by atoms with Crippen LogP contribution in [0.5, 0.6) is 0 Å². The van der Waals surface area contributed by atoms with Gasteiger partial charge in [0.1, 0.15) is 17.6 Å². The summed E-state index contributed by atoms with van der Waals surface area (Å²) in [6, 6.07) is 8.91. The molecule has 3 aliphatic rings. The van der Waals surface area contributed by atoms with Gasteiger partial charge in [0.05, 0.1) is 18.1 Å². The molecule has 212 valence electrons. The van der Waals surface area contributed by atoms with E-state index in [1.165, 1.54) is 0 Å². The maximum absolute atomic E-state index is 14.4. The van der Waals surface area contributed by atoms with E-state index in [2.05, 4.69) is 13.2 Å². The molecule has 4 rings (SSSR count). The zero-order valence-corrected chi connectivity index (χ0v) is 23.1. The van der Waals surface area contributed by atoms with Gasteiger partial charge in [-0.2, -0.15) is 0 Å². The van der Waals surface area contributed by atoms with Crippen LogP contribution >= 0.6 is 0 Å². The first-order valence-electron chi connectivity index (χ1n) is 14.2. The molecule has 5 atom stereocenters. The zero-order valence-electron chi connectivity index (χ0n) is 23.1. The van der Waals surface area contributed by atoms with Gasteiger partial charge in [0.15, 0.2) is 0 Å². The fraction of sp³-hybridized carbons (Fsp3) is 0.581. The number of ether oxygens (including phenoxy) is 2. The number of carbonyl (C=O) groups excluding carboxylic acids is 3. The van der Waals surface area contributed by atoms with E-state index < -0.39 is 35.0 Å². The number of carbonyl (C=O) groups is 3. The standard InChI is InChI=1S/C31H42N2O6/c1-4-6-21-38-29(37)25-24-27(35)33(19-12-7-8-13-20-34)26(31(24)17-16-30(25,3)39-31)28(36)32(18-5-2)22-23-14-10-9-11-15-23/h4-5,9-11,14-15,24-26,34H,1-2,6-8,12-13,16-22H2,3H3/t24-,25+,26?,30-,31?/m0/s1. The average molecular weight is 539 g/mol. The highest BCUT2D eigenvalue weighted by Gasteiger charge is 2.78. The Hall–Kier alpha value is -2.97. The minimum Gasteiger partial charge on any atom is -0.465 e. The first-order chi connectivity index (χ1) is 18.8. The van der Waals surface area contributed by atoms with E-state index in [9.17, 15) is 14.4 Å². The van der Waals surface area contributed by atoms with Crippen LogP contribution in [0.3, 0.4) is 0 Å². The third kappa shape index (κ3) is 5.54. The van der Waals surface area contributed by atoms with Crippen molar-refractivity contribution in [2.45, 2.75) is 75.7 Å². The molecular formula is C31H42N2O6. The van der Waals surface area contributed by atoms with Crippen molar-refractivity contribution in [1.82, 2.24) is 9.80 Å². The smallest absolute Gasteiger partial charge is 0.312 e. The molecule has 3 saturated heterocycles. The largest absolute Gasteiger partial charge is 0.465 e. The van der Waals surface area contributed by atoms with Crippen LogP contribution in [-0.2, 0) is 30.4 Å². The Balaban J connectivity index is 1.66. The third-order valence-electron chi connectivity index (χ3n) is 8.52. The number of aliphatic hydroxyl groups excluding tert-OH is 1. The Labute approximate surface area is 231 Å². The van der Waals surface area contributed by atoms with Crippen molar-refractivity contribution < 1.29 is 29.0 Å². The van der Waals surface area contributed by atoms with Crippen LogP contribution in [0, 0.1) is 11.8 Å². The van der Waals surface area contributed by atoms with Crippen LogP contribution in [0.15, 0.2) is 55.6 Å². The van der Waals surface area contributed by atoms with E-state index in [0.29, 0.717) is 51.7 Å². The van der Waals surface area contributed by atoms with Gasteiger partial charge in [0.25, 0.3) is 0 Å². The van der Waals surface area contributed by atoms with E-state index in [0.717, 1.165) is 18.4 Å². The molecule has 2 amide bonds. The van der Waals surface area contributed by atoms with Gasteiger partial charge in [-0.15, -0.1) is 13.2 Å². The van der Waals surface area contributed by atoms with Gasteiger partial charge in [0.2, 0.25) is 11.8 Å². The molecule has 3 heterocycles. The number of amides is 2. The summed E-state index contributed by atoms with van der Waals surface area (Å²) >= 11 is 0. The molecule has 1 aromatic carbocycles. The molecule has 0 aromatic heterocycles. The Morgan fingerprint density at radius 1 is 1.15 bits per heavy atom. The monoisotopic (exact) mass is 538 g/mol. The number of hydrogen-bond acceptors (Lipinski definition) is 6. The highest BCUT2D eigenvalue weighted by molar-refractivity contribution is 5.98. The van der Waals surface area contributed by atoms with Crippen LogP contribution in [0.4, 0.5) is 0 Å². The van der Waals surface area contributed by atoms with Crippen molar-refractivity contribution in [3.63, 3.8) is 0 Å². The average Bonchev–Trinajstić information content (AvgIpc) is 3.49. The molecule has 8 heteroatoms. The van der Waals surface area contributed by atoms with E-state index in [-0.39, 0.29) is 25.0 Å². The van der Waals surface area contributed by atoms with Crippen molar-refractivity contribution in [2.75, 3.05) is 26.3 Å². The summed E-state index contributed by atoms with van der Waals surface area (Å²) in [4.78, 5) is 45.3. The number of fused-ring (bicyclic) bond motifs is 1. The van der Waals surface area contributed by atoms with Crippen LogP contribution in [0.1, 0.15) is 57.4 Å². The van der Waals surface area contributed by atoms with Crippen molar-refractivity contribution in [2.24, 2.45) is 11.8 Å². The van der Waals surface area contributed by atoms with Gasteiger partial charge in [-0.25, -0.2) is 0 Å². The summed E-state index contributed by atoms with van der Waals surface area (Å²) in [5, 5.41) is 9.14. The molecule has 2 bridgehead atoms. The van der Waals surface area contributed by atoms with E-state index in [4.69, 9.17) is 14.6 Å². The molecule has 1 spiro atoms. The lowest BCUT2D eigenvalue weighted by atomic mass is 9.66. The van der Waals surface area contributed by atoms with Crippen LogP contribution in [0.2, 0.25) is 0 Å². The molecule has 8 nitrogen and oxygen atoms in total. The van der Waals surface area contributed by atoms with E-state index >= 15 is 0 Å². The van der Waals surface area contributed by atoms with Gasteiger partial charge >= 0.3 is 5.97 Å². The number of benzene rings is 1. The van der Waals surface area contributed by atoms with Gasteiger partial charge in [-0.3, -0.25) is 14.4 Å². The molecule has 3 fully saturated rings. The maximum Gasteiger partial charge on any atom is 0.312 e. The lowest BCUT2D eigenvalue weighted by Gasteiger charge is -2.37. The Morgan fingerprint density at radius 3 is 2.59 bits per heavy atom. The highest BCUT2D eigenvalue weighted by Crippen LogP contribution is 2.63. The minimum atomic E-state index is -1.08. The molecule has 0 radical (unpaired) electrons. The third-order valence-corrected chi connectivity index (χ3v) is 8.52. The van der Waals surface area contributed by atoms with Crippen molar-refractivity contribution in [1.29, 1.82) is 0 Å². The lowest BCUT2D eigenvalue weighted by molar-refractivity contribution is -0.160. The molecule has 0 saturated carbocycles. The fourth-order valence-electron chi connectivity index (χ4n) is 6.75. The number of likely N-dealkylation sites (tertiary alicyclic amines) is 1. The Bertz CT molecular complexity index is 1060. The quantitative estimate of drug-likeness (QED) is 0.208. The number of hydrogen-bond donors (Lipinski definition) is 1. The molecule has 2 unspecified atom stereocenters. The molecule has 39 heavy (non-hydrogen) atoms. The van der Waals surface area contributed by atoms with Crippen LogP contribution in [0.25, 0.3) is 0 Å². The number of nitrogens with zero attached hydrogens (tertiary/aromatic N) is 2. The second-order valence-electron chi connectivity index (χ2n) is 11.1. The number of rotatable bonds is 15. The molecule has 1 N–H and O–H groups in total. The first-order valence-corrected chi connectivity index (χ1v) is 14.2. The van der Waals surface area contributed by atoms with Gasteiger partial charge in [-0.1, -0.05) is 55.3 Å². The summed E-state index contributed by atoms with van der Waals surface area (Å²) in [6.45, 7) is 10.8. The second kappa shape index (κ2) is 12.5. The highest BCUT2D eigenvalue weighted by atomic mass is 16.6. The van der Waals surface area contributed by atoms with Crippen molar-refractivity contribution in [3.05, 3.63) is 61.2 Å². The predicted molar refractivity (Wildman–Crippen MR) is 147 cm³/mol. The number of unbranched alkanes of at least 4 members (excludes halogenated alkanes) is 3. The summed E-state index contributed by atoms with van der Waals surface area (Å²) < 4.78 is 12.2. The fourth-order valence-corrected chi connectivity index (χ4v) is 6.75. The topological polar surface area (TPSA) is 96.4 Å². The summed E-state index contributed by atoms with van der Waals surface area (Å²) in [6.07, 6.45) is 8.08. The molecule has 0 aliphatic carbocycles. The Morgan fingerprint density at radius 2 is 1.90 bits per heavy atom. The summed E-state index contributed by atoms with van der Waals surface area (Å²) in [7, 11) is 0. The molecule has 1 aromatic rings. The van der Waals surface area contributed by atoms with Crippen molar-refractivity contribution >= 4 is 17.8 Å². The van der Waals surface area contributed by atoms with Gasteiger partial charge < -0.3 is 24.4 Å². The first kappa shape index (κ1) is 29.0. The molecule has 3 aliphatic heterocycles. The SMILES string of the molecule is C=CCCOC(=O)[C@H]1[C@H]2C(=O)N(CCCCCCO)C(C(=O)N(CC=C)Cc3ccccc3)C23CC[C@]1(C)O3. The summed E-state index contributed by atoms with van der Waals surface area (Å²) in [5.74, 6) is -2.36. The normalized spacial score (nSPS) is 28.8.